The molecule has 0 spiro atoms. The SMILES string of the molecule is CC(C)(CO)CN1CCOCC(O)C1. The Kier molecular flexibility index (Phi) is 4.31. The van der Waals surface area contributed by atoms with Crippen molar-refractivity contribution in [2.45, 2.75) is 20.0 Å². The fourth-order valence-electron chi connectivity index (χ4n) is 1.65. The molecule has 14 heavy (non-hydrogen) atoms. The number of nitrogens with zero attached hydrogens (tertiary/aromatic N) is 1. The van der Waals surface area contributed by atoms with Crippen LogP contribution in [-0.4, -0.2) is 60.7 Å². The van der Waals surface area contributed by atoms with Crippen LogP contribution in [0.15, 0.2) is 0 Å². The van der Waals surface area contributed by atoms with E-state index in [2.05, 4.69) is 4.90 Å². The van der Waals surface area contributed by atoms with Crippen LogP contribution in [0.5, 0.6) is 0 Å². The average molecular weight is 203 g/mol. The van der Waals surface area contributed by atoms with Crippen LogP contribution < -0.4 is 0 Å². The molecule has 1 atom stereocenters. The molecule has 1 saturated heterocycles. The molecule has 0 aromatic heterocycles. The summed E-state index contributed by atoms with van der Waals surface area (Å²) in [6.45, 7) is 7.57. The summed E-state index contributed by atoms with van der Waals surface area (Å²) in [6.07, 6.45) is -0.396. The Morgan fingerprint density at radius 1 is 1.50 bits per heavy atom. The highest BCUT2D eigenvalue weighted by Gasteiger charge is 2.24. The van der Waals surface area contributed by atoms with E-state index in [0.29, 0.717) is 19.8 Å². The van der Waals surface area contributed by atoms with Gasteiger partial charge in [0.1, 0.15) is 0 Å². The minimum Gasteiger partial charge on any atom is -0.396 e. The number of aliphatic hydroxyl groups excluding tert-OH is 2. The molecule has 1 unspecified atom stereocenters. The Morgan fingerprint density at radius 3 is 2.86 bits per heavy atom. The van der Waals surface area contributed by atoms with Gasteiger partial charge in [0.05, 0.1) is 19.3 Å². The van der Waals surface area contributed by atoms with Crippen molar-refractivity contribution in [1.82, 2.24) is 4.90 Å². The van der Waals surface area contributed by atoms with Gasteiger partial charge in [-0.25, -0.2) is 0 Å². The van der Waals surface area contributed by atoms with Crippen LogP contribution in [0.3, 0.4) is 0 Å². The molecule has 2 N–H and O–H groups in total. The van der Waals surface area contributed by atoms with Gasteiger partial charge in [-0.2, -0.15) is 0 Å². The first-order valence-electron chi connectivity index (χ1n) is 5.12. The molecular formula is C10H21NO3. The smallest absolute Gasteiger partial charge is 0.0900 e. The Balaban J connectivity index is 2.42. The lowest BCUT2D eigenvalue weighted by molar-refractivity contribution is 0.0518. The van der Waals surface area contributed by atoms with E-state index in [9.17, 15) is 5.11 Å². The van der Waals surface area contributed by atoms with Crippen LogP contribution in [0.2, 0.25) is 0 Å². The van der Waals surface area contributed by atoms with Crippen LogP contribution >= 0.6 is 0 Å². The largest absolute Gasteiger partial charge is 0.396 e. The third kappa shape index (κ3) is 3.92. The molecule has 0 radical (unpaired) electrons. The van der Waals surface area contributed by atoms with E-state index >= 15 is 0 Å². The highest BCUT2D eigenvalue weighted by molar-refractivity contribution is 4.76. The van der Waals surface area contributed by atoms with Gasteiger partial charge in [-0.1, -0.05) is 13.8 Å². The fraction of sp³-hybridized carbons (Fsp3) is 1.00. The monoisotopic (exact) mass is 203 g/mol. The van der Waals surface area contributed by atoms with E-state index in [-0.39, 0.29) is 12.0 Å². The predicted molar refractivity (Wildman–Crippen MR) is 54.1 cm³/mol. The predicted octanol–water partition coefficient (Wildman–Crippen LogP) is -0.302. The molecule has 0 aromatic carbocycles. The first-order valence-corrected chi connectivity index (χ1v) is 5.12. The number of β-amino-alcohol motifs (C(OH)–C–C–N with tert-alkyl or cyclic N) is 1. The topological polar surface area (TPSA) is 52.9 Å². The summed E-state index contributed by atoms with van der Waals surface area (Å²) in [5.41, 5.74) is -0.107. The number of hydrogen-bond acceptors (Lipinski definition) is 4. The van der Waals surface area contributed by atoms with Crippen molar-refractivity contribution in [2.75, 3.05) is 39.5 Å². The molecule has 4 nitrogen and oxygen atoms in total. The van der Waals surface area contributed by atoms with E-state index in [1.165, 1.54) is 0 Å². The molecule has 84 valence electrons. The average Bonchev–Trinajstić information content (AvgIpc) is 2.29. The first-order chi connectivity index (χ1) is 6.53. The molecule has 1 aliphatic rings. The summed E-state index contributed by atoms with van der Waals surface area (Å²) in [7, 11) is 0. The van der Waals surface area contributed by atoms with Gasteiger partial charge in [-0.15, -0.1) is 0 Å². The van der Waals surface area contributed by atoms with Crippen LogP contribution in [-0.2, 0) is 4.74 Å². The molecule has 0 amide bonds. The minimum absolute atomic E-state index is 0.107. The first kappa shape index (κ1) is 11.9. The van der Waals surface area contributed by atoms with Gasteiger partial charge in [0, 0.05) is 31.7 Å². The molecule has 0 aliphatic carbocycles. The Labute approximate surface area is 85.5 Å². The van der Waals surface area contributed by atoms with Gasteiger partial charge < -0.3 is 14.9 Å². The molecule has 1 aliphatic heterocycles. The lowest BCUT2D eigenvalue weighted by Gasteiger charge is -2.30. The third-order valence-corrected chi connectivity index (χ3v) is 2.41. The van der Waals surface area contributed by atoms with Crippen molar-refractivity contribution in [2.24, 2.45) is 5.41 Å². The van der Waals surface area contributed by atoms with Crippen LogP contribution in [0.1, 0.15) is 13.8 Å². The van der Waals surface area contributed by atoms with Crippen LogP contribution in [0.25, 0.3) is 0 Å². The van der Waals surface area contributed by atoms with Gasteiger partial charge in [0.25, 0.3) is 0 Å². The molecule has 1 rings (SSSR count). The highest BCUT2D eigenvalue weighted by Crippen LogP contribution is 2.16. The number of aliphatic hydroxyl groups is 2. The molecule has 1 fully saturated rings. The summed E-state index contributed by atoms with van der Waals surface area (Å²) in [4.78, 5) is 2.15. The summed E-state index contributed by atoms with van der Waals surface area (Å²) in [5, 5.41) is 18.6. The fourth-order valence-corrected chi connectivity index (χ4v) is 1.65. The van der Waals surface area contributed by atoms with Gasteiger partial charge in [-0.3, -0.25) is 4.90 Å². The van der Waals surface area contributed by atoms with Gasteiger partial charge in [0.15, 0.2) is 0 Å². The lowest BCUT2D eigenvalue weighted by Crippen LogP contribution is -2.40. The zero-order valence-electron chi connectivity index (χ0n) is 9.07. The lowest BCUT2D eigenvalue weighted by atomic mass is 9.94. The molecule has 1 heterocycles. The van der Waals surface area contributed by atoms with Gasteiger partial charge in [-0.05, 0) is 0 Å². The normalized spacial score (nSPS) is 26.1. The van der Waals surface area contributed by atoms with Crippen molar-refractivity contribution >= 4 is 0 Å². The maximum Gasteiger partial charge on any atom is 0.0900 e. The van der Waals surface area contributed by atoms with Crippen molar-refractivity contribution < 1.29 is 14.9 Å². The van der Waals surface area contributed by atoms with E-state index in [1.807, 2.05) is 13.8 Å². The van der Waals surface area contributed by atoms with Gasteiger partial charge in [0.2, 0.25) is 0 Å². The Morgan fingerprint density at radius 2 is 2.21 bits per heavy atom. The second kappa shape index (κ2) is 5.07. The second-order valence-corrected chi connectivity index (χ2v) is 4.79. The Hall–Kier alpha value is -0.160. The minimum atomic E-state index is -0.396. The molecule has 0 saturated carbocycles. The van der Waals surface area contributed by atoms with E-state index in [4.69, 9.17) is 9.84 Å². The number of ether oxygens (including phenoxy) is 1. The summed E-state index contributed by atoms with van der Waals surface area (Å²) in [5.74, 6) is 0. The standard InChI is InChI=1S/C10H21NO3/c1-10(2,8-12)7-11-3-4-14-6-9(13)5-11/h9,12-13H,3-8H2,1-2H3. The van der Waals surface area contributed by atoms with Crippen molar-refractivity contribution in [1.29, 1.82) is 0 Å². The molecule has 0 aromatic rings. The molecule has 4 heteroatoms. The van der Waals surface area contributed by atoms with E-state index in [1.54, 1.807) is 0 Å². The van der Waals surface area contributed by atoms with Crippen molar-refractivity contribution in [3.63, 3.8) is 0 Å². The van der Waals surface area contributed by atoms with Gasteiger partial charge >= 0.3 is 0 Å². The van der Waals surface area contributed by atoms with Crippen molar-refractivity contribution in [3.8, 4) is 0 Å². The molecule has 0 bridgehead atoms. The summed E-state index contributed by atoms with van der Waals surface area (Å²) >= 11 is 0. The maximum atomic E-state index is 9.50. The quantitative estimate of drug-likeness (QED) is 0.661. The van der Waals surface area contributed by atoms with Crippen LogP contribution in [0, 0.1) is 5.41 Å². The van der Waals surface area contributed by atoms with E-state index in [0.717, 1.165) is 13.1 Å². The van der Waals surface area contributed by atoms with Crippen LogP contribution in [0.4, 0.5) is 0 Å². The number of rotatable bonds is 3. The zero-order valence-corrected chi connectivity index (χ0v) is 9.07. The summed E-state index contributed by atoms with van der Waals surface area (Å²) in [6, 6.07) is 0. The van der Waals surface area contributed by atoms with Crippen molar-refractivity contribution in [3.05, 3.63) is 0 Å². The third-order valence-electron chi connectivity index (χ3n) is 2.41. The Bertz CT molecular complexity index is 173. The number of hydrogen-bond donors (Lipinski definition) is 2. The summed E-state index contributed by atoms with van der Waals surface area (Å²) < 4.78 is 5.23. The van der Waals surface area contributed by atoms with E-state index < -0.39 is 6.10 Å². The highest BCUT2D eigenvalue weighted by atomic mass is 16.5. The maximum absolute atomic E-state index is 9.50. The molecular weight excluding hydrogens is 182 g/mol. The second-order valence-electron chi connectivity index (χ2n) is 4.79. The zero-order chi connectivity index (χ0) is 10.6.